The SMILES string of the molecule is Cc1nn(C)c(C)c1S(=O)(=O)N1c2ccc(S(N)(=O)=O)cc2CC1C. The van der Waals surface area contributed by atoms with Crippen LogP contribution in [0.5, 0.6) is 0 Å². The topological polar surface area (TPSA) is 115 Å². The number of aromatic nitrogens is 2. The van der Waals surface area contributed by atoms with Crippen LogP contribution in [0.1, 0.15) is 23.9 Å². The zero-order chi connectivity index (χ0) is 18.7. The molecule has 3 rings (SSSR count). The van der Waals surface area contributed by atoms with Crippen molar-refractivity contribution in [1.82, 2.24) is 9.78 Å². The van der Waals surface area contributed by atoms with E-state index in [4.69, 9.17) is 5.14 Å². The maximum Gasteiger partial charge on any atom is 0.268 e. The van der Waals surface area contributed by atoms with Crippen LogP contribution in [0, 0.1) is 13.8 Å². The van der Waals surface area contributed by atoms with Gasteiger partial charge in [-0.25, -0.2) is 22.0 Å². The van der Waals surface area contributed by atoms with E-state index in [0.717, 1.165) is 0 Å². The molecule has 0 bridgehead atoms. The molecule has 0 spiro atoms. The smallest absolute Gasteiger partial charge is 0.268 e. The third kappa shape index (κ3) is 2.74. The molecule has 0 saturated heterocycles. The highest BCUT2D eigenvalue weighted by Gasteiger charge is 2.39. The van der Waals surface area contributed by atoms with E-state index in [1.807, 2.05) is 0 Å². The summed E-state index contributed by atoms with van der Waals surface area (Å²) in [5.41, 5.74) is 2.10. The molecule has 1 aliphatic rings. The van der Waals surface area contributed by atoms with Crippen LogP contribution in [-0.4, -0.2) is 32.7 Å². The fourth-order valence-corrected chi connectivity index (χ4v) is 6.01. The van der Waals surface area contributed by atoms with Crippen LogP contribution in [0.3, 0.4) is 0 Å². The molecule has 0 fully saturated rings. The van der Waals surface area contributed by atoms with E-state index in [2.05, 4.69) is 5.10 Å². The molecule has 10 heteroatoms. The normalized spacial score (nSPS) is 17.8. The highest BCUT2D eigenvalue weighted by Crippen LogP contribution is 2.38. The number of sulfonamides is 2. The van der Waals surface area contributed by atoms with Gasteiger partial charge in [0, 0.05) is 13.1 Å². The number of fused-ring (bicyclic) bond motifs is 1. The van der Waals surface area contributed by atoms with Gasteiger partial charge in [-0.2, -0.15) is 5.10 Å². The van der Waals surface area contributed by atoms with Crippen molar-refractivity contribution in [2.45, 2.75) is 43.0 Å². The first-order valence-electron chi connectivity index (χ1n) is 7.65. The molecule has 0 amide bonds. The predicted octanol–water partition coefficient (Wildman–Crippen LogP) is 0.824. The Hall–Kier alpha value is -1.91. The average molecular weight is 384 g/mol. The van der Waals surface area contributed by atoms with Crippen molar-refractivity contribution < 1.29 is 16.8 Å². The number of hydrogen-bond acceptors (Lipinski definition) is 5. The molecular weight excluding hydrogens is 364 g/mol. The quantitative estimate of drug-likeness (QED) is 0.841. The summed E-state index contributed by atoms with van der Waals surface area (Å²) in [5.74, 6) is 0. The molecular formula is C15H20N4O4S2. The molecule has 0 saturated carbocycles. The zero-order valence-corrected chi connectivity index (χ0v) is 16.0. The van der Waals surface area contributed by atoms with Crippen LogP contribution in [0.15, 0.2) is 28.0 Å². The Morgan fingerprint density at radius 1 is 1.20 bits per heavy atom. The van der Waals surface area contributed by atoms with Crippen molar-refractivity contribution in [3.63, 3.8) is 0 Å². The van der Waals surface area contributed by atoms with Gasteiger partial charge in [-0.1, -0.05) is 0 Å². The molecule has 1 aliphatic heterocycles. The van der Waals surface area contributed by atoms with Gasteiger partial charge in [-0.15, -0.1) is 0 Å². The molecule has 2 heterocycles. The lowest BCUT2D eigenvalue weighted by atomic mass is 10.1. The van der Waals surface area contributed by atoms with Crippen LogP contribution >= 0.6 is 0 Å². The predicted molar refractivity (Wildman–Crippen MR) is 93.3 cm³/mol. The largest absolute Gasteiger partial charge is 0.271 e. The van der Waals surface area contributed by atoms with E-state index in [9.17, 15) is 16.8 Å². The van der Waals surface area contributed by atoms with Gasteiger partial charge in [0.25, 0.3) is 10.0 Å². The molecule has 0 radical (unpaired) electrons. The van der Waals surface area contributed by atoms with Gasteiger partial charge in [-0.05, 0) is 51.0 Å². The number of hydrogen-bond donors (Lipinski definition) is 1. The minimum atomic E-state index is -3.84. The van der Waals surface area contributed by atoms with Crippen LogP contribution in [0.2, 0.25) is 0 Å². The monoisotopic (exact) mass is 384 g/mol. The number of nitrogens with zero attached hydrogens (tertiary/aromatic N) is 3. The maximum atomic E-state index is 13.3. The van der Waals surface area contributed by atoms with E-state index in [1.54, 1.807) is 27.8 Å². The summed E-state index contributed by atoms with van der Waals surface area (Å²) < 4.78 is 52.5. The Kier molecular flexibility index (Phi) is 3.97. The first kappa shape index (κ1) is 17.9. The summed E-state index contributed by atoms with van der Waals surface area (Å²) >= 11 is 0. The lowest BCUT2D eigenvalue weighted by molar-refractivity contribution is 0.582. The first-order valence-corrected chi connectivity index (χ1v) is 10.6. The molecule has 1 atom stereocenters. The number of aryl methyl sites for hydroxylation is 2. The van der Waals surface area contributed by atoms with Gasteiger partial charge >= 0.3 is 0 Å². The fourth-order valence-electron chi connectivity index (χ4n) is 3.35. The lowest BCUT2D eigenvalue weighted by Gasteiger charge is -2.24. The number of benzene rings is 1. The lowest BCUT2D eigenvalue weighted by Crippen LogP contribution is -2.36. The van der Waals surface area contributed by atoms with E-state index >= 15 is 0 Å². The van der Waals surface area contributed by atoms with E-state index < -0.39 is 20.0 Å². The molecule has 25 heavy (non-hydrogen) atoms. The van der Waals surface area contributed by atoms with Crippen molar-refractivity contribution in [1.29, 1.82) is 0 Å². The number of nitrogens with two attached hydrogens (primary N) is 1. The van der Waals surface area contributed by atoms with Crippen molar-refractivity contribution in [2.75, 3.05) is 4.31 Å². The summed E-state index contributed by atoms with van der Waals surface area (Å²) in [7, 11) is -5.96. The molecule has 1 aromatic carbocycles. The van der Waals surface area contributed by atoms with E-state index in [-0.39, 0.29) is 15.8 Å². The first-order chi connectivity index (χ1) is 11.4. The summed E-state index contributed by atoms with van der Waals surface area (Å²) in [6, 6.07) is 3.93. The maximum absolute atomic E-state index is 13.3. The van der Waals surface area contributed by atoms with Crippen LogP contribution in [0.4, 0.5) is 5.69 Å². The molecule has 2 aromatic rings. The van der Waals surface area contributed by atoms with Gasteiger partial charge in [0.15, 0.2) is 0 Å². The number of primary sulfonamides is 1. The second-order valence-electron chi connectivity index (χ2n) is 6.31. The molecule has 136 valence electrons. The summed E-state index contributed by atoms with van der Waals surface area (Å²) in [4.78, 5) is 0.164. The Morgan fingerprint density at radius 2 is 1.84 bits per heavy atom. The van der Waals surface area contributed by atoms with Crippen molar-refractivity contribution in [3.05, 3.63) is 35.2 Å². The van der Waals surface area contributed by atoms with Crippen LogP contribution in [0.25, 0.3) is 0 Å². The van der Waals surface area contributed by atoms with E-state index in [0.29, 0.717) is 29.1 Å². The van der Waals surface area contributed by atoms with E-state index in [1.165, 1.54) is 27.2 Å². The third-order valence-corrected chi connectivity index (χ3v) is 7.58. The van der Waals surface area contributed by atoms with Gasteiger partial charge in [-0.3, -0.25) is 8.99 Å². The summed E-state index contributed by atoms with van der Waals surface area (Å²) in [6.45, 7) is 5.15. The van der Waals surface area contributed by atoms with Gasteiger partial charge in [0.1, 0.15) is 4.90 Å². The molecule has 0 aliphatic carbocycles. The fraction of sp³-hybridized carbons (Fsp3) is 0.400. The minimum absolute atomic E-state index is 0.0218. The third-order valence-electron chi connectivity index (χ3n) is 4.49. The van der Waals surface area contributed by atoms with Gasteiger partial charge in [0.2, 0.25) is 10.0 Å². The van der Waals surface area contributed by atoms with Gasteiger partial charge in [0.05, 0.1) is 22.0 Å². The minimum Gasteiger partial charge on any atom is -0.271 e. The molecule has 2 N–H and O–H groups in total. The molecule has 1 aromatic heterocycles. The zero-order valence-electron chi connectivity index (χ0n) is 14.4. The Morgan fingerprint density at radius 3 is 2.36 bits per heavy atom. The highest BCUT2D eigenvalue weighted by molar-refractivity contribution is 7.93. The van der Waals surface area contributed by atoms with Crippen molar-refractivity contribution in [2.24, 2.45) is 12.2 Å². The summed E-state index contributed by atoms with van der Waals surface area (Å²) in [6.07, 6.45) is 0.413. The standard InChI is InChI=1S/C15H20N4O4S2/c1-9-7-12-8-13(24(16,20)21)5-6-14(12)19(9)25(22,23)15-10(2)17-18(4)11(15)3/h5-6,8-9H,7H2,1-4H3,(H2,16,20,21). The Bertz CT molecular complexity index is 1070. The van der Waals surface area contributed by atoms with Crippen molar-refractivity contribution in [3.8, 4) is 0 Å². The average Bonchev–Trinajstić information content (AvgIpc) is 2.93. The van der Waals surface area contributed by atoms with Gasteiger partial charge < -0.3 is 0 Å². The number of anilines is 1. The molecule has 8 nitrogen and oxygen atoms in total. The van der Waals surface area contributed by atoms with Crippen LogP contribution < -0.4 is 9.44 Å². The Labute approximate surface area is 147 Å². The molecule has 1 unspecified atom stereocenters. The van der Waals surface area contributed by atoms with Crippen molar-refractivity contribution >= 4 is 25.7 Å². The highest BCUT2D eigenvalue weighted by atomic mass is 32.2. The second kappa shape index (κ2) is 5.55. The number of rotatable bonds is 3. The van der Waals surface area contributed by atoms with Crippen LogP contribution in [-0.2, 0) is 33.5 Å². The summed E-state index contributed by atoms with van der Waals surface area (Å²) in [5, 5.41) is 9.36. The Balaban J connectivity index is 2.17. The second-order valence-corrected chi connectivity index (χ2v) is 9.63.